The number of nitrogen functional groups attached to an aromatic ring is 1. The first-order chi connectivity index (χ1) is 7.16. The summed E-state index contributed by atoms with van der Waals surface area (Å²) in [6, 6.07) is 1.57. The van der Waals surface area contributed by atoms with Crippen LogP contribution in [0, 0.1) is 0 Å². The number of nitrogens with zero attached hydrogens (tertiary/aromatic N) is 4. The van der Waals surface area contributed by atoms with E-state index in [9.17, 15) is 4.79 Å². The van der Waals surface area contributed by atoms with Crippen molar-refractivity contribution in [1.29, 1.82) is 0 Å². The van der Waals surface area contributed by atoms with E-state index in [0.717, 1.165) is 11.8 Å². The van der Waals surface area contributed by atoms with Crippen molar-refractivity contribution in [2.75, 3.05) is 11.5 Å². The Morgan fingerprint density at radius 2 is 2.47 bits per heavy atom. The Bertz CT molecular complexity index is 511. The number of carbonyl (C=O) groups is 1. The molecule has 0 saturated heterocycles. The molecule has 0 spiro atoms. The second kappa shape index (κ2) is 3.73. The predicted octanol–water partition coefficient (Wildman–Crippen LogP) is -0.117. The summed E-state index contributed by atoms with van der Waals surface area (Å²) in [7, 11) is 0. The van der Waals surface area contributed by atoms with Crippen LogP contribution in [0.25, 0.3) is 5.65 Å². The molecule has 2 heterocycles. The van der Waals surface area contributed by atoms with Crippen LogP contribution in [0.4, 0.5) is 5.82 Å². The molecular formula is C7H7N5O2S. The Morgan fingerprint density at radius 1 is 1.67 bits per heavy atom. The minimum Gasteiger partial charge on any atom is -0.481 e. The van der Waals surface area contributed by atoms with Gasteiger partial charge in [0.25, 0.3) is 0 Å². The van der Waals surface area contributed by atoms with Crippen LogP contribution >= 0.6 is 11.8 Å². The second-order valence-corrected chi connectivity index (χ2v) is 3.62. The van der Waals surface area contributed by atoms with Crippen LogP contribution in [-0.4, -0.2) is 36.4 Å². The van der Waals surface area contributed by atoms with Gasteiger partial charge in [-0.25, -0.2) is 9.97 Å². The minimum absolute atomic E-state index is 0.0919. The molecule has 0 radical (unpaired) electrons. The third-order valence-corrected chi connectivity index (χ3v) is 2.50. The molecule has 0 aliphatic heterocycles. The van der Waals surface area contributed by atoms with Gasteiger partial charge in [0.2, 0.25) is 0 Å². The fraction of sp³-hybridized carbons (Fsp3) is 0.143. The van der Waals surface area contributed by atoms with E-state index in [1.54, 1.807) is 6.07 Å². The molecule has 8 heteroatoms. The Morgan fingerprint density at radius 3 is 3.20 bits per heavy atom. The lowest BCUT2D eigenvalue weighted by Crippen LogP contribution is -2.04. The van der Waals surface area contributed by atoms with Gasteiger partial charge >= 0.3 is 5.97 Å². The van der Waals surface area contributed by atoms with E-state index >= 15 is 0 Å². The van der Waals surface area contributed by atoms with Gasteiger partial charge in [-0.1, -0.05) is 11.8 Å². The van der Waals surface area contributed by atoms with Gasteiger partial charge in [-0.3, -0.25) is 4.79 Å². The molecule has 0 saturated carbocycles. The molecule has 0 aromatic carbocycles. The maximum absolute atomic E-state index is 10.4. The standard InChI is InChI=1S/C7H7N5O2S/c8-4-1-5-9-3-10-12(5)7(11-4)15-2-6(13)14/h1,3H,2,8H2,(H,13,14). The van der Waals surface area contributed by atoms with E-state index in [1.165, 1.54) is 10.8 Å². The molecule has 0 aliphatic rings. The highest BCUT2D eigenvalue weighted by molar-refractivity contribution is 7.99. The van der Waals surface area contributed by atoms with Gasteiger partial charge in [0.05, 0.1) is 5.75 Å². The normalized spacial score (nSPS) is 10.7. The highest BCUT2D eigenvalue weighted by Crippen LogP contribution is 2.17. The third kappa shape index (κ3) is 1.99. The minimum atomic E-state index is -0.919. The van der Waals surface area contributed by atoms with E-state index in [0.29, 0.717) is 16.6 Å². The van der Waals surface area contributed by atoms with Crippen LogP contribution in [0.5, 0.6) is 0 Å². The van der Waals surface area contributed by atoms with Crippen molar-refractivity contribution >= 4 is 29.2 Å². The topological polar surface area (TPSA) is 106 Å². The molecule has 2 rings (SSSR count). The number of hydrogen-bond acceptors (Lipinski definition) is 6. The molecule has 0 unspecified atom stereocenters. The molecule has 3 N–H and O–H groups in total. The summed E-state index contributed by atoms with van der Waals surface area (Å²) in [5, 5.41) is 12.9. The first-order valence-electron chi connectivity index (χ1n) is 3.97. The molecule has 0 fully saturated rings. The zero-order chi connectivity index (χ0) is 10.8. The monoisotopic (exact) mass is 225 g/mol. The summed E-state index contributed by atoms with van der Waals surface area (Å²) in [5.74, 6) is -0.716. The Hall–Kier alpha value is -1.83. The first-order valence-corrected chi connectivity index (χ1v) is 4.96. The molecule has 0 aliphatic carbocycles. The van der Waals surface area contributed by atoms with E-state index in [-0.39, 0.29) is 5.75 Å². The van der Waals surface area contributed by atoms with Crippen molar-refractivity contribution in [3.63, 3.8) is 0 Å². The molecule has 2 aromatic rings. The highest BCUT2D eigenvalue weighted by atomic mass is 32.2. The average Bonchev–Trinajstić information content (AvgIpc) is 2.61. The maximum Gasteiger partial charge on any atom is 0.313 e. The molecule has 15 heavy (non-hydrogen) atoms. The Balaban J connectivity index is 2.39. The van der Waals surface area contributed by atoms with Crippen molar-refractivity contribution in [3.8, 4) is 0 Å². The van der Waals surface area contributed by atoms with Gasteiger partial charge in [0.1, 0.15) is 12.1 Å². The lowest BCUT2D eigenvalue weighted by molar-refractivity contribution is -0.133. The van der Waals surface area contributed by atoms with Gasteiger partial charge in [0.15, 0.2) is 10.8 Å². The molecule has 0 atom stereocenters. The van der Waals surface area contributed by atoms with E-state index in [2.05, 4.69) is 15.1 Å². The van der Waals surface area contributed by atoms with E-state index < -0.39 is 5.97 Å². The second-order valence-electron chi connectivity index (χ2n) is 2.68. The summed E-state index contributed by atoms with van der Waals surface area (Å²) in [5.41, 5.74) is 6.09. The Labute approximate surface area is 88.3 Å². The number of nitrogens with two attached hydrogens (primary N) is 1. The van der Waals surface area contributed by atoms with Gasteiger partial charge in [-0.15, -0.1) is 0 Å². The van der Waals surface area contributed by atoms with Gasteiger partial charge in [0, 0.05) is 6.07 Å². The number of fused-ring (bicyclic) bond motifs is 1. The third-order valence-electron chi connectivity index (χ3n) is 1.58. The van der Waals surface area contributed by atoms with Crippen molar-refractivity contribution in [2.24, 2.45) is 0 Å². The van der Waals surface area contributed by atoms with Crippen LogP contribution < -0.4 is 5.73 Å². The number of anilines is 1. The number of carboxylic acids is 1. The summed E-state index contributed by atoms with van der Waals surface area (Å²) in [6.07, 6.45) is 1.36. The zero-order valence-corrected chi connectivity index (χ0v) is 8.31. The maximum atomic E-state index is 10.4. The number of aromatic nitrogens is 4. The SMILES string of the molecule is Nc1cc2ncnn2c(SCC(=O)O)n1. The molecule has 0 bridgehead atoms. The molecule has 2 aromatic heterocycles. The number of hydrogen-bond donors (Lipinski definition) is 2. The predicted molar refractivity (Wildman–Crippen MR) is 53.6 cm³/mol. The van der Waals surface area contributed by atoms with Crippen LogP contribution in [0.3, 0.4) is 0 Å². The lowest BCUT2D eigenvalue weighted by Gasteiger charge is -2.01. The molecule has 78 valence electrons. The molecular weight excluding hydrogens is 218 g/mol. The van der Waals surface area contributed by atoms with Gasteiger partial charge < -0.3 is 10.8 Å². The molecule has 7 nitrogen and oxygen atoms in total. The summed E-state index contributed by atoms with van der Waals surface area (Å²) in [6.45, 7) is 0. The fourth-order valence-electron chi connectivity index (χ4n) is 1.04. The van der Waals surface area contributed by atoms with Crippen molar-refractivity contribution in [2.45, 2.75) is 5.16 Å². The number of aliphatic carboxylic acids is 1. The van der Waals surface area contributed by atoms with Crippen LogP contribution in [0.1, 0.15) is 0 Å². The largest absolute Gasteiger partial charge is 0.481 e. The van der Waals surface area contributed by atoms with Gasteiger partial charge in [-0.05, 0) is 0 Å². The van der Waals surface area contributed by atoms with Crippen LogP contribution in [0.2, 0.25) is 0 Å². The zero-order valence-electron chi connectivity index (χ0n) is 7.49. The lowest BCUT2D eigenvalue weighted by atomic mass is 10.6. The van der Waals surface area contributed by atoms with Crippen LogP contribution in [-0.2, 0) is 4.79 Å². The summed E-state index contributed by atoms with van der Waals surface area (Å²) < 4.78 is 1.45. The van der Waals surface area contributed by atoms with Crippen molar-refractivity contribution < 1.29 is 9.90 Å². The smallest absolute Gasteiger partial charge is 0.313 e. The number of thioether (sulfide) groups is 1. The quantitative estimate of drug-likeness (QED) is 0.554. The summed E-state index contributed by atoms with van der Waals surface area (Å²) in [4.78, 5) is 18.3. The van der Waals surface area contributed by atoms with Crippen LogP contribution in [0.15, 0.2) is 17.6 Å². The van der Waals surface area contributed by atoms with Crippen molar-refractivity contribution in [3.05, 3.63) is 12.4 Å². The fourth-order valence-corrected chi connectivity index (χ4v) is 1.72. The Kier molecular flexibility index (Phi) is 2.42. The molecule has 0 amide bonds. The highest BCUT2D eigenvalue weighted by Gasteiger charge is 2.08. The summed E-state index contributed by atoms with van der Waals surface area (Å²) >= 11 is 1.05. The number of rotatable bonds is 3. The van der Waals surface area contributed by atoms with Crippen molar-refractivity contribution in [1.82, 2.24) is 19.6 Å². The first kappa shape index (κ1) is 9.71. The van der Waals surface area contributed by atoms with E-state index in [1.807, 2.05) is 0 Å². The van der Waals surface area contributed by atoms with E-state index in [4.69, 9.17) is 10.8 Å². The number of carboxylic acid groups (broad SMARTS) is 1. The average molecular weight is 225 g/mol. The van der Waals surface area contributed by atoms with Gasteiger partial charge in [-0.2, -0.15) is 9.61 Å².